The zero-order valence-corrected chi connectivity index (χ0v) is 17.8. The largest absolute Gasteiger partial charge is 0.573 e. The molecule has 0 spiro atoms. The van der Waals surface area contributed by atoms with E-state index >= 15 is 0 Å². The monoisotopic (exact) mass is 470 g/mol. The van der Waals surface area contributed by atoms with Crippen molar-refractivity contribution in [2.24, 2.45) is 0 Å². The number of hydrogen-bond donors (Lipinski definition) is 2. The van der Waals surface area contributed by atoms with Crippen molar-refractivity contribution in [1.82, 2.24) is 5.27 Å². The number of hydrogen-bond acceptors (Lipinski definition) is 6. The molecule has 1 aromatic heterocycles. The summed E-state index contributed by atoms with van der Waals surface area (Å²) in [6.45, 7) is 1.71. The molecule has 1 amide bonds. The molecule has 1 heterocycles. The number of amides is 1. The fraction of sp³-hybridized carbons (Fsp3) is 0.250. The van der Waals surface area contributed by atoms with Crippen LogP contribution >= 0.6 is 11.8 Å². The van der Waals surface area contributed by atoms with Gasteiger partial charge in [0.1, 0.15) is 5.75 Å². The average Bonchev–Trinajstić information content (AvgIpc) is 3.12. The van der Waals surface area contributed by atoms with E-state index in [0.717, 1.165) is 17.8 Å². The predicted octanol–water partition coefficient (Wildman–Crippen LogP) is 3.66. The molecule has 3 aromatic rings. The maximum absolute atomic E-state index is 12.8. The van der Waals surface area contributed by atoms with Crippen molar-refractivity contribution in [2.45, 2.75) is 30.0 Å². The summed E-state index contributed by atoms with van der Waals surface area (Å²) in [6, 6.07) is 11.9. The van der Waals surface area contributed by atoms with Crippen LogP contribution in [0.4, 0.5) is 18.9 Å². The molecule has 12 heteroatoms. The number of nitrogens with zero attached hydrogens (tertiary/aromatic N) is 1. The number of anilines is 1. The van der Waals surface area contributed by atoms with Gasteiger partial charge in [0.25, 0.3) is 0 Å². The molecule has 0 saturated carbocycles. The summed E-state index contributed by atoms with van der Waals surface area (Å²) >= 11 is 0.919. The first-order valence-corrected chi connectivity index (χ1v) is 10.2. The summed E-state index contributed by atoms with van der Waals surface area (Å²) in [4.78, 5) is 25.0. The molecule has 32 heavy (non-hydrogen) atoms. The normalized spacial score (nSPS) is 12.3. The van der Waals surface area contributed by atoms with Crippen LogP contribution in [0.1, 0.15) is 13.3 Å². The zero-order valence-electron chi connectivity index (χ0n) is 16.9. The summed E-state index contributed by atoms with van der Waals surface area (Å²) < 4.78 is 53.2. The van der Waals surface area contributed by atoms with Crippen LogP contribution in [0, 0.1) is 0 Å². The number of ether oxygens (including phenoxy) is 2. The Bertz CT molecular complexity index is 1130. The molecule has 1 unspecified atom stereocenters. The Hall–Kier alpha value is -3.41. The highest BCUT2D eigenvalue weighted by molar-refractivity contribution is 8.00. The first kappa shape index (κ1) is 23.3. The second kappa shape index (κ2) is 9.81. The highest BCUT2D eigenvalue weighted by atomic mass is 32.2. The molecule has 0 bridgehead atoms. The number of aromatic amines is 1. The van der Waals surface area contributed by atoms with Gasteiger partial charge in [-0.3, -0.25) is 9.32 Å². The third-order valence-corrected chi connectivity index (χ3v) is 5.63. The quantitative estimate of drug-likeness (QED) is 0.385. The lowest BCUT2D eigenvalue weighted by molar-refractivity contribution is -0.704. The molecule has 0 aliphatic rings. The Kier molecular flexibility index (Phi) is 7.13. The number of alkyl halides is 3. The minimum Gasteiger partial charge on any atom is -0.497 e. The van der Waals surface area contributed by atoms with E-state index < -0.39 is 28.9 Å². The van der Waals surface area contributed by atoms with Crippen molar-refractivity contribution in [1.29, 1.82) is 0 Å². The number of methoxy groups -OCH3 is 1. The van der Waals surface area contributed by atoms with Crippen LogP contribution in [0.15, 0.2) is 62.9 Å². The van der Waals surface area contributed by atoms with Gasteiger partial charge in [-0.2, -0.15) is 0 Å². The van der Waals surface area contributed by atoms with Crippen molar-refractivity contribution < 1.29 is 36.6 Å². The van der Waals surface area contributed by atoms with Gasteiger partial charge in [0.05, 0.1) is 18.0 Å². The minimum atomic E-state index is -4.91. The van der Waals surface area contributed by atoms with Crippen LogP contribution < -0.4 is 25.1 Å². The molecule has 0 aliphatic carbocycles. The Labute approximate surface area is 184 Å². The van der Waals surface area contributed by atoms with Crippen molar-refractivity contribution in [3.8, 4) is 17.2 Å². The third kappa shape index (κ3) is 5.63. The van der Waals surface area contributed by atoms with Crippen molar-refractivity contribution >= 4 is 23.4 Å². The zero-order chi connectivity index (χ0) is 23.3. The van der Waals surface area contributed by atoms with E-state index in [1.165, 1.54) is 30.0 Å². The highest BCUT2D eigenvalue weighted by Gasteiger charge is 2.33. The smallest absolute Gasteiger partial charge is 0.497 e. The summed E-state index contributed by atoms with van der Waals surface area (Å²) in [5.41, 5.74) is -0.283. The van der Waals surface area contributed by atoms with Gasteiger partial charge in [-0.25, -0.2) is 4.79 Å². The van der Waals surface area contributed by atoms with E-state index in [0.29, 0.717) is 11.4 Å². The Balaban J connectivity index is 1.81. The van der Waals surface area contributed by atoms with Gasteiger partial charge in [-0.05, 0) is 52.4 Å². The van der Waals surface area contributed by atoms with Crippen LogP contribution in [0.2, 0.25) is 0 Å². The minimum absolute atomic E-state index is 0.0944. The predicted molar refractivity (Wildman–Crippen MR) is 109 cm³/mol. The first-order chi connectivity index (χ1) is 15.2. The fourth-order valence-corrected chi connectivity index (χ4v) is 3.71. The summed E-state index contributed by atoms with van der Waals surface area (Å²) in [5.74, 6) is -0.528. The van der Waals surface area contributed by atoms with Gasteiger partial charge in [-0.1, -0.05) is 19.1 Å². The Morgan fingerprint density at radius 1 is 1.22 bits per heavy atom. The lowest BCUT2D eigenvalue weighted by Gasteiger charge is -2.16. The number of halogens is 3. The number of nitrogens with one attached hydrogen (secondary N) is 2. The molecule has 170 valence electrons. The molecule has 0 saturated heterocycles. The molecule has 2 aromatic carbocycles. The van der Waals surface area contributed by atoms with Crippen LogP contribution in [-0.4, -0.2) is 29.9 Å². The van der Waals surface area contributed by atoms with Gasteiger partial charge >= 0.3 is 17.0 Å². The van der Waals surface area contributed by atoms with Crippen molar-refractivity contribution in [3.63, 3.8) is 0 Å². The molecule has 3 rings (SSSR count). The number of benzene rings is 2. The Morgan fingerprint density at radius 2 is 1.91 bits per heavy atom. The number of carbonyl (C=O) groups excluding carboxylic acids is 1. The second-order valence-electron chi connectivity index (χ2n) is 6.37. The maximum Gasteiger partial charge on any atom is 0.573 e. The number of thioether (sulfide) groups is 1. The lowest BCUT2D eigenvalue weighted by atomic mass is 10.2. The Morgan fingerprint density at radius 3 is 2.53 bits per heavy atom. The fourth-order valence-electron chi connectivity index (χ4n) is 2.72. The van der Waals surface area contributed by atoms with Gasteiger partial charge in [0.15, 0.2) is 5.75 Å². The first-order valence-electron chi connectivity index (χ1n) is 9.32. The summed E-state index contributed by atoms with van der Waals surface area (Å²) in [6.07, 6.45) is -4.63. The summed E-state index contributed by atoms with van der Waals surface area (Å²) in [7, 11) is 1.52. The molecule has 0 aliphatic heterocycles. The molecule has 0 radical (unpaired) electrons. The van der Waals surface area contributed by atoms with E-state index in [-0.39, 0.29) is 17.1 Å². The maximum atomic E-state index is 12.8. The summed E-state index contributed by atoms with van der Waals surface area (Å²) in [5, 5.41) is 4.19. The molecule has 2 N–H and O–H groups in total. The van der Waals surface area contributed by atoms with Crippen LogP contribution in [-0.2, 0) is 4.79 Å². The molecule has 0 fully saturated rings. The van der Waals surface area contributed by atoms with Gasteiger partial charge in [0, 0.05) is 12.1 Å². The standard InChI is InChI=1S/C20H18F3N3O5S/c1-3-16(17(27)24-14-6-4-5-7-15(14)30-20(21,22)23)32-18-19(28)31-25-26(18)12-8-10-13(29-2)11-9-12/h4-11,16H,3H2,1-2H3,(H-,24,25,27,28)/p+1. The van der Waals surface area contributed by atoms with E-state index in [9.17, 15) is 22.8 Å². The van der Waals surface area contributed by atoms with E-state index in [1.54, 1.807) is 31.2 Å². The second-order valence-corrected chi connectivity index (χ2v) is 7.56. The molecular formula is C20H19F3N3O5S+. The van der Waals surface area contributed by atoms with Crippen LogP contribution in [0.5, 0.6) is 11.5 Å². The van der Waals surface area contributed by atoms with Gasteiger partial charge in [-0.15, -0.1) is 13.2 Å². The number of para-hydroxylation sites is 2. The lowest BCUT2D eigenvalue weighted by Crippen LogP contribution is -2.37. The van der Waals surface area contributed by atoms with Gasteiger partial charge < -0.3 is 14.8 Å². The van der Waals surface area contributed by atoms with Crippen LogP contribution in [0.25, 0.3) is 5.69 Å². The van der Waals surface area contributed by atoms with E-state index in [2.05, 4.69) is 15.3 Å². The molecule has 1 atom stereocenters. The van der Waals surface area contributed by atoms with Gasteiger partial charge in [0.2, 0.25) is 11.6 Å². The van der Waals surface area contributed by atoms with Crippen molar-refractivity contribution in [3.05, 3.63) is 59.0 Å². The number of carbonyl (C=O) groups is 1. The van der Waals surface area contributed by atoms with Crippen molar-refractivity contribution in [2.75, 3.05) is 12.4 Å². The SMILES string of the molecule is CCC(Sc1c(=O)o[nH][n+]1-c1ccc(OC)cc1)C(=O)Nc1ccccc1OC(F)(F)F. The number of aromatic nitrogens is 2. The molecular weight excluding hydrogens is 451 g/mol. The van der Waals surface area contributed by atoms with E-state index in [4.69, 9.17) is 9.26 Å². The highest BCUT2D eigenvalue weighted by Crippen LogP contribution is 2.31. The number of H-pyrrole nitrogens is 1. The third-order valence-electron chi connectivity index (χ3n) is 4.23. The van der Waals surface area contributed by atoms with E-state index in [1.807, 2.05) is 0 Å². The molecule has 8 nitrogen and oxygen atoms in total. The number of rotatable bonds is 8. The average molecular weight is 470 g/mol. The van der Waals surface area contributed by atoms with Crippen LogP contribution in [0.3, 0.4) is 0 Å². The topological polar surface area (TPSA) is 97.4 Å².